The minimum absolute atomic E-state index is 0.546. The van der Waals surface area contributed by atoms with Crippen molar-refractivity contribution < 1.29 is 4.74 Å². The van der Waals surface area contributed by atoms with Crippen LogP contribution >= 0.6 is 15.9 Å². The van der Waals surface area contributed by atoms with Crippen molar-refractivity contribution in [2.75, 3.05) is 0 Å². The van der Waals surface area contributed by atoms with E-state index in [-0.39, 0.29) is 0 Å². The molecule has 3 aromatic rings. The number of halogens is 1. The fraction of sp³-hybridized carbons (Fsp3) is 0.136. The van der Waals surface area contributed by atoms with Gasteiger partial charge in [-0.2, -0.15) is 0 Å². The van der Waals surface area contributed by atoms with Crippen molar-refractivity contribution in [1.82, 2.24) is 0 Å². The predicted molar refractivity (Wildman–Crippen MR) is 108 cm³/mol. The molecule has 0 aromatic heterocycles. The number of benzene rings is 3. The molecule has 0 fully saturated rings. The first kappa shape index (κ1) is 17.4. The van der Waals surface area contributed by atoms with Gasteiger partial charge in [0.15, 0.2) is 0 Å². The Morgan fingerprint density at radius 2 is 1.72 bits per heavy atom. The van der Waals surface area contributed by atoms with Gasteiger partial charge in [0, 0.05) is 10.7 Å². The van der Waals surface area contributed by atoms with Crippen LogP contribution in [0.25, 0.3) is 0 Å². The van der Waals surface area contributed by atoms with E-state index in [2.05, 4.69) is 53.0 Å². The molecule has 3 rings (SSSR count). The Labute approximate surface area is 157 Å². The molecule has 3 aromatic carbocycles. The van der Waals surface area contributed by atoms with E-state index in [1.807, 2.05) is 54.7 Å². The summed E-state index contributed by atoms with van der Waals surface area (Å²) in [7, 11) is 0. The molecule has 0 aliphatic carbocycles. The van der Waals surface area contributed by atoms with E-state index in [1.165, 1.54) is 11.1 Å². The minimum Gasteiger partial charge on any atom is -0.489 e. The SMILES string of the molecule is Cc1cccc(N=Cc2cccc(OCc3ccc(Br)cc3)c2)c1C. The maximum absolute atomic E-state index is 5.89. The van der Waals surface area contributed by atoms with Gasteiger partial charge in [0.05, 0.1) is 5.69 Å². The van der Waals surface area contributed by atoms with Gasteiger partial charge in [-0.15, -0.1) is 0 Å². The summed E-state index contributed by atoms with van der Waals surface area (Å²) in [6.07, 6.45) is 1.88. The normalized spacial score (nSPS) is 11.0. The topological polar surface area (TPSA) is 21.6 Å². The van der Waals surface area contributed by atoms with Crippen LogP contribution in [0.4, 0.5) is 5.69 Å². The second-order valence-corrected chi connectivity index (χ2v) is 6.88. The van der Waals surface area contributed by atoms with E-state index in [4.69, 9.17) is 4.74 Å². The number of nitrogens with zero attached hydrogens (tertiary/aromatic N) is 1. The quantitative estimate of drug-likeness (QED) is 0.459. The Morgan fingerprint density at radius 3 is 2.52 bits per heavy atom. The van der Waals surface area contributed by atoms with E-state index in [9.17, 15) is 0 Å². The lowest BCUT2D eigenvalue weighted by atomic mass is 10.1. The fourth-order valence-electron chi connectivity index (χ4n) is 2.45. The molecule has 0 spiro atoms. The van der Waals surface area contributed by atoms with E-state index in [0.717, 1.165) is 27.0 Å². The summed E-state index contributed by atoms with van der Waals surface area (Å²) in [4.78, 5) is 4.62. The molecule has 0 saturated heterocycles. The average molecular weight is 394 g/mol. The summed E-state index contributed by atoms with van der Waals surface area (Å²) in [6.45, 7) is 4.75. The smallest absolute Gasteiger partial charge is 0.120 e. The summed E-state index contributed by atoms with van der Waals surface area (Å²) in [5, 5.41) is 0. The largest absolute Gasteiger partial charge is 0.489 e. The molecule has 0 N–H and O–H groups in total. The lowest BCUT2D eigenvalue weighted by Crippen LogP contribution is -1.95. The maximum Gasteiger partial charge on any atom is 0.120 e. The second-order valence-electron chi connectivity index (χ2n) is 5.96. The molecule has 0 amide bonds. The van der Waals surface area contributed by atoms with Crippen molar-refractivity contribution in [2.24, 2.45) is 4.99 Å². The third-order valence-corrected chi connectivity index (χ3v) is 4.63. The molecule has 0 aliphatic rings. The molecule has 0 radical (unpaired) electrons. The highest BCUT2D eigenvalue weighted by molar-refractivity contribution is 9.10. The van der Waals surface area contributed by atoms with Crippen LogP contribution in [0.15, 0.2) is 76.2 Å². The Balaban J connectivity index is 1.69. The highest BCUT2D eigenvalue weighted by Crippen LogP contribution is 2.22. The first-order chi connectivity index (χ1) is 12.1. The molecular formula is C22H20BrNO. The predicted octanol–water partition coefficient (Wildman–Crippen LogP) is 6.40. The molecule has 0 unspecified atom stereocenters. The van der Waals surface area contributed by atoms with E-state index in [0.29, 0.717) is 6.61 Å². The molecule has 0 heterocycles. The zero-order chi connectivity index (χ0) is 17.6. The van der Waals surface area contributed by atoms with Crippen molar-refractivity contribution in [3.8, 4) is 5.75 Å². The first-order valence-electron chi connectivity index (χ1n) is 8.19. The highest BCUT2D eigenvalue weighted by atomic mass is 79.9. The summed E-state index contributed by atoms with van der Waals surface area (Å²) in [5.74, 6) is 0.841. The van der Waals surface area contributed by atoms with Crippen LogP contribution in [0.5, 0.6) is 5.75 Å². The average Bonchev–Trinajstić information content (AvgIpc) is 2.63. The zero-order valence-electron chi connectivity index (χ0n) is 14.4. The van der Waals surface area contributed by atoms with Crippen LogP contribution in [-0.2, 0) is 6.61 Å². The standard InChI is InChI=1S/C22H20BrNO/c1-16-5-3-8-22(17(16)2)24-14-19-6-4-7-21(13-19)25-15-18-9-11-20(23)12-10-18/h3-14H,15H2,1-2H3. The van der Waals surface area contributed by atoms with E-state index >= 15 is 0 Å². The lowest BCUT2D eigenvalue weighted by molar-refractivity contribution is 0.306. The summed E-state index contributed by atoms with van der Waals surface area (Å²) >= 11 is 3.44. The van der Waals surface area contributed by atoms with Gasteiger partial charge in [0.2, 0.25) is 0 Å². The van der Waals surface area contributed by atoms with E-state index in [1.54, 1.807) is 0 Å². The van der Waals surface area contributed by atoms with Gasteiger partial charge in [-0.3, -0.25) is 4.99 Å². The summed E-state index contributed by atoms with van der Waals surface area (Å²) in [6, 6.07) is 22.3. The number of ether oxygens (including phenoxy) is 1. The number of hydrogen-bond donors (Lipinski definition) is 0. The van der Waals surface area contributed by atoms with Gasteiger partial charge in [0.1, 0.15) is 12.4 Å². The molecule has 0 saturated carbocycles. The molecule has 126 valence electrons. The number of aryl methyl sites for hydroxylation is 1. The Bertz CT molecular complexity index is 885. The van der Waals surface area contributed by atoms with Crippen LogP contribution < -0.4 is 4.74 Å². The Kier molecular flexibility index (Phi) is 5.67. The summed E-state index contributed by atoms with van der Waals surface area (Å²) in [5.41, 5.74) is 5.62. The molecule has 25 heavy (non-hydrogen) atoms. The van der Waals surface area contributed by atoms with Crippen LogP contribution in [0.3, 0.4) is 0 Å². The minimum atomic E-state index is 0.546. The second kappa shape index (κ2) is 8.13. The molecular weight excluding hydrogens is 374 g/mol. The van der Waals surface area contributed by atoms with Gasteiger partial charge in [-0.05, 0) is 66.4 Å². The van der Waals surface area contributed by atoms with Crippen molar-refractivity contribution in [1.29, 1.82) is 0 Å². The third-order valence-electron chi connectivity index (χ3n) is 4.11. The number of rotatable bonds is 5. The number of hydrogen-bond acceptors (Lipinski definition) is 2. The molecule has 0 atom stereocenters. The zero-order valence-corrected chi connectivity index (χ0v) is 16.0. The van der Waals surface area contributed by atoms with Gasteiger partial charge in [-0.1, -0.05) is 52.3 Å². The first-order valence-corrected chi connectivity index (χ1v) is 8.99. The Morgan fingerprint density at radius 1 is 0.960 bits per heavy atom. The third kappa shape index (κ3) is 4.80. The lowest BCUT2D eigenvalue weighted by Gasteiger charge is -2.07. The van der Waals surface area contributed by atoms with Gasteiger partial charge < -0.3 is 4.74 Å². The fourth-order valence-corrected chi connectivity index (χ4v) is 2.72. The van der Waals surface area contributed by atoms with Crippen LogP contribution in [-0.4, -0.2) is 6.21 Å². The van der Waals surface area contributed by atoms with Crippen molar-refractivity contribution in [3.05, 3.63) is 93.5 Å². The molecule has 3 heteroatoms. The van der Waals surface area contributed by atoms with Gasteiger partial charge in [-0.25, -0.2) is 0 Å². The van der Waals surface area contributed by atoms with E-state index < -0.39 is 0 Å². The Hall–Kier alpha value is -2.39. The maximum atomic E-state index is 5.89. The van der Waals surface area contributed by atoms with Crippen molar-refractivity contribution in [2.45, 2.75) is 20.5 Å². The van der Waals surface area contributed by atoms with Crippen LogP contribution in [0, 0.1) is 13.8 Å². The monoisotopic (exact) mass is 393 g/mol. The number of aliphatic imine (C=N–C) groups is 1. The van der Waals surface area contributed by atoms with Crippen LogP contribution in [0.1, 0.15) is 22.3 Å². The molecule has 0 bridgehead atoms. The summed E-state index contributed by atoms with van der Waals surface area (Å²) < 4.78 is 6.96. The molecule has 2 nitrogen and oxygen atoms in total. The van der Waals surface area contributed by atoms with Gasteiger partial charge >= 0.3 is 0 Å². The van der Waals surface area contributed by atoms with Crippen molar-refractivity contribution in [3.63, 3.8) is 0 Å². The van der Waals surface area contributed by atoms with Crippen molar-refractivity contribution >= 4 is 27.8 Å². The van der Waals surface area contributed by atoms with Gasteiger partial charge in [0.25, 0.3) is 0 Å². The molecule has 0 aliphatic heterocycles. The highest BCUT2D eigenvalue weighted by Gasteiger charge is 2.00. The van der Waals surface area contributed by atoms with Crippen LogP contribution in [0.2, 0.25) is 0 Å².